The summed E-state index contributed by atoms with van der Waals surface area (Å²) in [5, 5.41) is 0. The number of hydrogen-bond donors (Lipinski definition) is 1. The minimum absolute atomic E-state index is 0.219. The second-order valence-electron chi connectivity index (χ2n) is 4.32. The van der Waals surface area contributed by atoms with Crippen molar-refractivity contribution in [2.45, 2.75) is 39.7 Å². The van der Waals surface area contributed by atoms with Crippen LogP contribution in [0.2, 0.25) is 0 Å². The predicted molar refractivity (Wildman–Crippen MR) is 73.1 cm³/mol. The zero-order valence-electron chi connectivity index (χ0n) is 11.9. The van der Waals surface area contributed by atoms with E-state index >= 15 is 0 Å². The van der Waals surface area contributed by atoms with Gasteiger partial charge in [0.05, 0.1) is 6.61 Å². The first kappa shape index (κ1) is 15.5. The Labute approximate surface area is 113 Å². The van der Waals surface area contributed by atoms with Gasteiger partial charge in [0.15, 0.2) is 5.69 Å². The standard InChI is InChI=1S/C13H23N3O3/c1-4-19-13(17)11-12(14)16(10(2)15-11)8-6-5-7-9-18-3/h4-9,14H2,1-3H3. The Bertz CT molecular complexity index is 416. The van der Waals surface area contributed by atoms with E-state index in [1.54, 1.807) is 14.0 Å². The molecule has 0 saturated heterocycles. The van der Waals surface area contributed by atoms with Gasteiger partial charge < -0.3 is 19.8 Å². The summed E-state index contributed by atoms with van der Waals surface area (Å²) in [4.78, 5) is 15.8. The number of rotatable bonds is 8. The molecule has 0 saturated carbocycles. The first-order valence-electron chi connectivity index (χ1n) is 6.60. The van der Waals surface area contributed by atoms with E-state index in [0.717, 1.165) is 38.2 Å². The summed E-state index contributed by atoms with van der Waals surface area (Å²) in [6.45, 7) is 5.45. The molecular formula is C13H23N3O3. The van der Waals surface area contributed by atoms with Crippen molar-refractivity contribution in [2.24, 2.45) is 0 Å². The molecule has 1 aromatic rings. The van der Waals surface area contributed by atoms with Crippen LogP contribution in [0, 0.1) is 6.92 Å². The van der Waals surface area contributed by atoms with Crippen molar-refractivity contribution in [1.29, 1.82) is 0 Å². The lowest BCUT2D eigenvalue weighted by molar-refractivity contribution is 0.0521. The minimum Gasteiger partial charge on any atom is -0.461 e. The Kier molecular flexibility index (Phi) is 6.35. The summed E-state index contributed by atoms with van der Waals surface area (Å²) in [5.74, 6) is 0.677. The SMILES string of the molecule is CCOC(=O)c1nc(C)n(CCCCCOC)c1N. The van der Waals surface area contributed by atoms with Crippen molar-refractivity contribution in [2.75, 3.05) is 26.1 Å². The highest BCUT2D eigenvalue weighted by atomic mass is 16.5. The Hall–Kier alpha value is -1.56. The fraction of sp³-hybridized carbons (Fsp3) is 0.692. The molecule has 108 valence electrons. The van der Waals surface area contributed by atoms with Gasteiger partial charge in [-0.15, -0.1) is 0 Å². The van der Waals surface area contributed by atoms with Crippen LogP contribution in [-0.2, 0) is 16.0 Å². The molecule has 0 spiro atoms. The maximum atomic E-state index is 11.7. The van der Waals surface area contributed by atoms with E-state index < -0.39 is 5.97 Å². The van der Waals surface area contributed by atoms with E-state index in [2.05, 4.69) is 4.98 Å². The number of unbranched alkanes of at least 4 members (excludes halogenated alkanes) is 2. The molecule has 0 unspecified atom stereocenters. The molecule has 6 heteroatoms. The molecule has 0 amide bonds. The molecule has 2 N–H and O–H groups in total. The van der Waals surface area contributed by atoms with Crippen LogP contribution >= 0.6 is 0 Å². The van der Waals surface area contributed by atoms with Crippen molar-refractivity contribution in [3.05, 3.63) is 11.5 Å². The van der Waals surface area contributed by atoms with Crippen molar-refractivity contribution >= 4 is 11.8 Å². The van der Waals surface area contributed by atoms with E-state index in [4.69, 9.17) is 15.2 Å². The summed E-state index contributed by atoms with van der Waals surface area (Å²) >= 11 is 0. The molecule has 0 aliphatic rings. The molecule has 0 aromatic carbocycles. The maximum Gasteiger partial charge on any atom is 0.360 e. The summed E-state index contributed by atoms with van der Waals surface area (Å²) < 4.78 is 11.8. The number of esters is 1. The van der Waals surface area contributed by atoms with E-state index in [-0.39, 0.29) is 5.69 Å². The highest BCUT2D eigenvalue weighted by Crippen LogP contribution is 2.16. The third-order valence-corrected chi connectivity index (χ3v) is 2.90. The predicted octanol–water partition coefficient (Wildman–Crippen LogP) is 1.77. The monoisotopic (exact) mass is 269 g/mol. The fourth-order valence-electron chi connectivity index (χ4n) is 1.91. The van der Waals surface area contributed by atoms with E-state index in [1.165, 1.54) is 0 Å². The molecule has 0 fully saturated rings. The number of carbonyl (C=O) groups excluding carboxylic acids is 1. The number of methoxy groups -OCH3 is 1. The van der Waals surface area contributed by atoms with Gasteiger partial charge in [0.1, 0.15) is 11.6 Å². The van der Waals surface area contributed by atoms with Gasteiger partial charge in [-0.3, -0.25) is 0 Å². The highest BCUT2D eigenvalue weighted by molar-refractivity contribution is 5.92. The summed E-state index contributed by atoms with van der Waals surface area (Å²) in [7, 11) is 1.70. The van der Waals surface area contributed by atoms with Gasteiger partial charge in [-0.25, -0.2) is 9.78 Å². The molecule has 0 aliphatic carbocycles. The summed E-state index contributed by atoms with van der Waals surface area (Å²) in [6, 6.07) is 0. The second kappa shape index (κ2) is 7.78. The molecule has 0 atom stereocenters. The van der Waals surface area contributed by atoms with Gasteiger partial charge in [0.2, 0.25) is 0 Å². The van der Waals surface area contributed by atoms with Crippen molar-refractivity contribution in [3.63, 3.8) is 0 Å². The van der Waals surface area contributed by atoms with Crippen LogP contribution in [0.15, 0.2) is 0 Å². The number of nitrogens with two attached hydrogens (primary N) is 1. The average Bonchev–Trinajstić information content (AvgIpc) is 2.66. The molecule has 1 heterocycles. The zero-order chi connectivity index (χ0) is 14.3. The molecule has 0 aliphatic heterocycles. The Morgan fingerprint density at radius 3 is 2.74 bits per heavy atom. The zero-order valence-corrected chi connectivity index (χ0v) is 11.9. The van der Waals surface area contributed by atoms with Crippen LogP contribution < -0.4 is 5.73 Å². The number of imidazole rings is 1. The number of nitrogen functional groups attached to an aromatic ring is 1. The van der Waals surface area contributed by atoms with Crippen LogP contribution in [0.1, 0.15) is 42.5 Å². The third-order valence-electron chi connectivity index (χ3n) is 2.90. The van der Waals surface area contributed by atoms with Crippen LogP contribution in [0.3, 0.4) is 0 Å². The summed E-state index contributed by atoms with van der Waals surface area (Å²) in [5.41, 5.74) is 6.17. The Balaban J connectivity index is 2.61. The van der Waals surface area contributed by atoms with Gasteiger partial charge in [0.25, 0.3) is 0 Å². The second-order valence-corrected chi connectivity index (χ2v) is 4.32. The quantitative estimate of drug-likeness (QED) is 0.574. The Morgan fingerprint density at radius 1 is 1.37 bits per heavy atom. The van der Waals surface area contributed by atoms with Gasteiger partial charge in [-0.2, -0.15) is 0 Å². The van der Waals surface area contributed by atoms with Crippen LogP contribution in [0.4, 0.5) is 5.82 Å². The number of aromatic nitrogens is 2. The molecule has 1 rings (SSSR count). The van der Waals surface area contributed by atoms with E-state index in [9.17, 15) is 4.79 Å². The van der Waals surface area contributed by atoms with Gasteiger partial charge in [-0.05, 0) is 33.1 Å². The van der Waals surface area contributed by atoms with Crippen molar-refractivity contribution in [3.8, 4) is 0 Å². The normalized spacial score (nSPS) is 10.7. The number of aryl methyl sites for hydroxylation is 1. The van der Waals surface area contributed by atoms with Crippen molar-refractivity contribution in [1.82, 2.24) is 9.55 Å². The minimum atomic E-state index is -0.457. The topological polar surface area (TPSA) is 79.4 Å². The van der Waals surface area contributed by atoms with E-state index in [0.29, 0.717) is 12.4 Å². The molecule has 1 aromatic heterocycles. The Morgan fingerprint density at radius 2 is 2.11 bits per heavy atom. The van der Waals surface area contributed by atoms with Gasteiger partial charge >= 0.3 is 5.97 Å². The number of hydrogen-bond acceptors (Lipinski definition) is 5. The summed E-state index contributed by atoms with van der Waals surface area (Å²) in [6.07, 6.45) is 3.06. The molecule has 6 nitrogen and oxygen atoms in total. The highest BCUT2D eigenvalue weighted by Gasteiger charge is 2.19. The molecular weight excluding hydrogens is 246 g/mol. The first-order valence-corrected chi connectivity index (χ1v) is 6.60. The molecule has 0 radical (unpaired) electrons. The number of ether oxygens (including phenoxy) is 2. The fourth-order valence-corrected chi connectivity index (χ4v) is 1.91. The van der Waals surface area contributed by atoms with Gasteiger partial charge in [-0.1, -0.05) is 0 Å². The lowest BCUT2D eigenvalue weighted by Gasteiger charge is -2.07. The number of anilines is 1. The van der Waals surface area contributed by atoms with Crippen molar-refractivity contribution < 1.29 is 14.3 Å². The molecule has 19 heavy (non-hydrogen) atoms. The number of carbonyl (C=O) groups is 1. The lowest BCUT2D eigenvalue weighted by Crippen LogP contribution is -2.10. The smallest absolute Gasteiger partial charge is 0.360 e. The van der Waals surface area contributed by atoms with E-state index in [1.807, 2.05) is 11.5 Å². The lowest BCUT2D eigenvalue weighted by atomic mass is 10.2. The first-order chi connectivity index (χ1) is 9.11. The van der Waals surface area contributed by atoms with Crippen LogP contribution in [0.25, 0.3) is 0 Å². The average molecular weight is 269 g/mol. The van der Waals surface area contributed by atoms with Gasteiger partial charge in [0, 0.05) is 20.3 Å². The van der Waals surface area contributed by atoms with Crippen LogP contribution in [0.5, 0.6) is 0 Å². The third kappa shape index (κ3) is 4.24. The van der Waals surface area contributed by atoms with Crippen LogP contribution in [-0.4, -0.2) is 35.8 Å². The molecule has 0 bridgehead atoms. The maximum absolute atomic E-state index is 11.7. The number of nitrogens with zero attached hydrogens (tertiary/aromatic N) is 2. The largest absolute Gasteiger partial charge is 0.461 e.